The average molecular weight is 252 g/mol. The highest BCUT2D eigenvalue weighted by molar-refractivity contribution is 7.87. The lowest BCUT2D eigenvalue weighted by atomic mass is 9.96. The molecule has 0 aliphatic rings. The molecule has 0 bridgehead atoms. The second-order valence-electron chi connectivity index (χ2n) is 4.49. The number of aliphatic hydroxyl groups excluding tert-OH is 1. The Morgan fingerprint density at radius 1 is 1.25 bits per heavy atom. The van der Waals surface area contributed by atoms with E-state index in [0.717, 1.165) is 0 Å². The first-order chi connectivity index (χ1) is 7.31. The maximum absolute atomic E-state index is 11.7. The van der Waals surface area contributed by atoms with Crippen LogP contribution in [0.5, 0.6) is 0 Å². The molecule has 0 saturated carbocycles. The summed E-state index contributed by atoms with van der Waals surface area (Å²) in [6, 6.07) is 0. The molecule has 0 aromatic rings. The number of rotatable bonds is 8. The summed E-state index contributed by atoms with van der Waals surface area (Å²) in [5.41, 5.74) is -0.747. The summed E-state index contributed by atoms with van der Waals surface area (Å²) in [5, 5.41) is 9.26. The van der Waals surface area contributed by atoms with Crippen molar-refractivity contribution in [3.8, 4) is 0 Å². The van der Waals surface area contributed by atoms with Crippen molar-refractivity contribution in [2.24, 2.45) is 5.92 Å². The minimum Gasteiger partial charge on any atom is -0.394 e. The van der Waals surface area contributed by atoms with Crippen molar-refractivity contribution in [2.75, 3.05) is 13.2 Å². The zero-order valence-electron chi connectivity index (χ0n) is 10.6. The molecule has 0 radical (unpaired) electrons. The molecule has 0 rings (SSSR count). The highest BCUT2D eigenvalue weighted by atomic mass is 32.2. The Labute approximate surface area is 98.8 Å². The van der Waals surface area contributed by atoms with E-state index in [1.165, 1.54) is 0 Å². The van der Waals surface area contributed by atoms with Crippen LogP contribution >= 0.6 is 0 Å². The van der Waals surface area contributed by atoms with Gasteiger partial charge in [0.2, 0.25) is 0 Å². The lowest BCUT2D eigenvalue weighted by molar-refractivity contribution is 0.172. The minimum atomic E-state index is -3.53. The third-order valence-corrected chi connectivity index (χ3v) is 3.94. The largest absolute Gasteiger partial charge is 0.394 e. The molecule has 0 aliphatic carbocycles. The standard InChI is InChI=1S/C10H24N2O3S/c1-5-10(6-2,8-13)12-16(14,15)11-7-9(3)4/h9,11-13H,5-8H2,1-4H3. The predicted octanol–water partition coefficient (Wildman–Crippen LogP) is 0.618. The fraction of sp³-hybridized carbons (Fsp3) is 1.00. The molecule has 0 aromatic carbocycles. The Morgan fingerprint density at radius 3 is 2.06 bits per heavy atom. The van der Waals surface area contributed by atoms with Gasteiger partial charge in [0.25, 0.3) is 10.2 Å². The van der Waals surface area contributed by atoms with Gasteiger partial charge in [-0.05, 0) is 18.8 Å². The van der Waals surface area contributed by atoms with Gasteiger partial charge >= 0.3 is 0 Å². The van der Waals surface area contributed by atoms with Crippen LogP contribution in [0, 0.1) is 5.92 Å². The third kappa shape index (κ3) is 5.25. The van der Waals surface area contributed by atoms with E-state index in [1.807, 2.05) is 27.7 Å². The normalized spacial score (nSPS) is 13.4. The van der Waals surface area contributed by atoms with E-state index in [4.69, 9.17) is 0 Å². The van der Waals surface area contributed by atoms with Crippen molar-refractivity contribution in [2.45, 2.75) is 46.1 Å². The van der Waals surface area contributed by atoms with E-state index >= 15 is 0 Å². The Hall–Kier alpha value is -0.170. The number of hydrogen-bond donors (Lipinski definition) is 3. The Kier molecular flexibility index (Phi) is 6.47. The third-order valence-electron chi connectivity index (χ3n) is 2.69. The lowest BCUT2D eigenvalue weighted by Gasteiger charge is -2.30. The van der Waals surface area contributed by atoms with Gasteiger partial charge < -0.3 is 5.11 Å². The Balaban J connectivity index is 4.54. The quantitative estimate of drug-likeness (QED) is 0.592. The fourth-order valence-corrected chi connectivity index (χ4v) is 2.80. The van der Waals surface area contributed by atoms with Gasteiger partial charge in [0.1, 0.15) is 0 Å². The minimum absolute atomic E-state index is 0.192. The summed E-state index contributed by atoms with van der Waals surface area (Å²) in [4.78, 5) is 0. The molecule has 16 heavy (non-hydrogen) atoms. The van der Waals surface area contributed by atoms with E-state index in [-0.39, 0.29) is 12.5 Å². The zero-order valence-corrected chi connectivity index (χ0v) is 11.4. The maximum atomic E-state index is 11.7. The molecule has 0 spiro atoms. The first-order valence-electron chi connectivity index (χ1n) is 5.70. The molecule has 5 nitrogen and oxygen atoms in total. The molecule has 0 aliphatic heterocycles. The molecule has 0 aromatic heterocycles. The molecule has 0 fully saturated rings. The van der Waals surface area contributed by atoms with Crippen molar-refractivity contribution >= 4 is 10.2 Å². The van der Waals surface area contributed by atoms with E-state index in [9.17, 15) is 13.5 Å². The van der Waals surface area contributed by atoms with Crippen molar-refractivity contribution in [1.82, 2.24) is 9.44 Å². The molecule has 3 N–H and O–H groups in total. The summed E-state index contributed by atoms with van der Waals surface area (Å²) in [6.45, 7) is 7.77. The number of hydrogen-bond acceptors (Lipinski definition) is 3. The van der Waals surface area contributed by atoms with Gasteiger partial charge in [0, 0.05) is 6.54 Å². The summed E-state index contributed by atoms with van der Waals surface area (Å²) < 4.78 is 28.4. The highest BCUT2D eigenvalue weighted by Crippen LogP contribution is 2.14. The summed E-state index contributed by atoms with van der Waals surface area (Å²) >= 11 is 0. The second kappa shape index (κ2) is 6.54. The van der Waals surface area contributed by atoms with E-state index in [2.05, 4.69) is 9.44 Å². The van der Waals surface area contributed by atoms with Crippen LogP contribution in [0.2, 0.25) is 0 Å². The molecule has 0 heterocycles. The van der Waals surface area contributed by atoms with Crippen molar-refractivity contribution < 1.29 is 13.5 Å². The van der Waals surface area contributed by atoms with Crippen LogP contribution in [0.1, 0.15) is 40.5 Å². The summed E-state index contributed by atoms with van der Waals surface area (Å²) in [7, 11) is -3.53. The Bertz CT molecular complexity index is 276. The molecular formula is C10H24N2O3S. The smallest absolute Gasteiger partial charge is 0.277 e. The van der Waals surface area contributed by atoms with Crippen molar-refractivity contribution in [3.63, 3.8) is 0 Å². The predicted molar refractivity (Wildman–Crippen MR) is 65.3 cm³/mol. The molecule has 6 heteroatoms. The summed E-state index contributed by atoms with van der Waals surface area (Å²) in [5.74, 6) is 0.253. The SMILES string of the molecule is CCC(CC)(CO)NS(=O)(=O)NCC(C)C. The fourth-order valence-electron chi connectivity index (χ4n) is 1.25. The second-order valence-corrected chi connectivity index (χ2v) is 5.99. The zero-order chi connectivity index (χ0) is 12.8. The number of aliphatic hydroxyl groups is 1. The van der Waals surface area contributed by atoms with Gasteiger partial charge in [-0.3, -0.25) is 0 Å². The van der Waals surface area contributed by atoms with E-state index in [0.29, 0.717) is 19.4 Å². The van der Waals surface area contributed by atoms with E-state index < -0.39 is 15.7 Å². The monoisotopic (exact) mass is 252 g/mol. The van der Waals surface area contributed by atoms with Crippen LogP contribution in [0.3, 0.4) is 0 Å². The van der Waals surface area contributed by atoms with Crippen LogP contribution in [-0.4, -0.2) is 32.2 Å². The van der Waals surface area contributed by atoms with Gasteiger partial charge in [0.05, 0.1) is 12.1 Å². The molecule has 0 atom stereocenters. The van der Waals surface area contributed by atoms with E-state index in [1.54, 1.807) is 0 Å². The maximum Gasteiger partial charge on any atom is 0.277 e. The van der Waals surface area contributed by atoms with Crippen LogP contribution in [-0.2, 0) is 10.2 Å². The van der Waals surface area contributed by atoms with Gasteiger partial charge in [-0.1, -0.05) is 27.7 Å². The molecule has 0 amide bonds. The van der Waals surface area contributed by atoms with Gasteiger partial charge in [-0.25, -0.2) is 4.72 Å². The van der Waals surface area contributed by atoms with Crippen LogP contribution < -0.4 is 9.44 Å². The molecule has 0 saturated heterocycles. The van der Waals surface area contributed by atoms with Gasteiger partial charge in [0.15, 0.2) is 0 Å². The topological polar surface area (TPSA) is 78.4 Å². The molecule has 0 unspecified atom stereocenters. The van der Waals surface area contributed by atoms with Crippen molar-refractivity contribution in [3.05, 3.63) is 0 Å². The van der Waals surface area contributed by atoms with Crippen LogP contribution in [0.25, 0.3) is 0 Å². The highest BCUT2D eigenvalue weighted by Gasteiger charge is 2.30. The molecular weight excluding hydrogens is 228 g/mol. The van der Waals surface area contributed by atoms with Gasteiger partial charge in [-0.15, -0.1) is 0 Å². The number of nitrogens with one attached hydrogen (secondary N) is 2. The Morgan fingerprint density at radius 2 is 1.75 bits per heavy atom. The lowest BCUT2D eigenvalue weighted by Crippen LogP contribution is -2.54. The molecule has 98 valence electrons. The van der Waals surface area contributed by atoms with Crippen LogP contribution in [0.15, 0.2) is 0 Å². The first-order valence-corrected chi connectivity index (χ1v) is 7.18. The average Bonchev–Trinajstić information content (AvgIpc) is 2.24. The van der Waals surface area contributed by atoms with Crippen LogP contribution in [0.4, 0.5) is 0 Å². The van der Waals surface area contributed by atoms with Gasteiger partial charge in [-0.2, -0.15) is 13.1 Å². The first kappa shape index (κ1) is 15.8. The summed E-state index contributed by atoms with van der Waals surface area (Å²) in [6.07, 6.45) is 1.12. The van der Waals surface area contributed by atoms with Crippen molar-refractivity contribution in [1.29, 1.82) is 0 Å².